The molecule has 0 saturated carbocycles. The fourth-order valence-electron chi connectivity index (χ4n) is 4.16. The van der Waals surface area contributed by atoms with Crippen LogP contribution in [0.2, 0.25) is 0 Å². The van der Waals surface area contributed by atoms with Crippen LogP contribution in [0.15, 0.2) is 54.7 Å². The molecule has 200 valence electrons. The highest BCUT2D eigenvalue weighted by atomic mass is 16.5. The summed E-state index contributed by atoms with van der Waals surface area (Å²) in [5.74, 6) is 2.39. The van der Waals surface area contributed by atoms with E-state index >= 15 is 0 Å². The number of aromatic nitrogens is 2. The van der Waals surface area contributed by atoms with Gasteiger partial charge >= 0.3 is 0 Å². The van der Waals surface area contributed by atoms with Gasteiger partial charge in [0.25, 0.3) is 0 Å². The van der Waals surface area contributed by atoms with Crippen LogP contribution in [0.4, 0.5) is 0 Å². The van der Waals surface area contributed by atoms with Gasteiger partial charge in [0.1, 0.15) is 37.1 Å². The van der Waals surface area contributed by atoms with E-state index in [0.29, 0.717) is 19.8 Å². The fraction of sp³-hybridized carbons (Fsp3) is 0.464. The Morgan fingerprint density at radius 2 is 1.68 bits per heavy atom. The van der Waals surface area contributed by atoms with E-state index in [2.05, 4.69) is 32.4 Å². The van der Waals surface area contributed by atoms with Crippen LogP contribution in [0.25, 0.3) is 11.3 Å². The molecule has 9 nitrogen and oxygen atoms in total. The molecule has 0 radical (unpaired) electrons. The molecule has 0 atom stereocenters. The van der Waals surface area contributed by atoms with Gasteiger partial charge < -0.3 is 29.2 Å². The third-order valence-corrected chi connectivity index (χ3v) is 6.24. The van der Waals surface area contributed by atoms with Crippen LogP contribution < -0.4 is 19.5 Å². The zero-order valence-corrected chi connectivity index (χ0v) is 21.9. The van der Waals surface area contributed by atoms with Crippen molar-refractivity contribution < 1.29 is 18.9 Å². The second-order valence-electron chi connectivity index (χ2n) is 9.10. The number of rotatable bonds is 15. The summed E-state index contributed by atoms with van der Waals surface area (Å²) in [4.78, 5) is 4.63. The summed E-state index contributed by atoms with van der Waals surface area (Å²) < 4.78 is 23.1. The highest BCUT2D eigenvalue weighted by Gasteiger charge is 2.12. The molecular weight excluding hydrogens is 470 g/mol. The van der Waals surface area contributed by atoms with Crippen molar-refractivity contribution in [3.8, 4) is 28.5 Å². The third kappa shape index (κ3) is 8.75. The van der Waals surface area contributed by atoms with Gasteiger partial charge in [-0.1, -0.05) is 6.07 Å². The zero-order chi connectivity index (χ0) is 25.7. The highest BCUT2D eigenvalue weighted by Crippen LogP contribution is 2.25. The van der Waals surface area contributed by atoms with Crippen molar-refractivity contribution in [2.75, 3.05) is 79.9 Å². The van der Waals surface area contributed by atoms with E-state index in [9.17, 15) is 0 Å². The maximum atomic E-state index is 5.91. The number of H-pyrrole nitrogens is 1. The van der Waals surface area contributed by atoms with Crippen molar-refractivity contribution in [3.63, 3.8) is 0 Å². The summed E-state index contributed by atoms with van der Waals surface area (Å²) in [6, 6.07) is 15.8. The molecule has 2 N–H and O–H groups in total. The van der Waals surface area contributed by atoms with Gasteiger partial charge in [-0.05, 0) is 50.5 Å². The zero-order valence-electron chi connectivity index (χ0n) is 21.9. The van der Waals surface area contributed by atoms with Gasteiger partial charge in [-0.3, -0.25) is 10.00 Å². The van der Waals surface area contributed by atoms with Crippen molar-refractivity contribution in [1.82, 2.24) is 25.3 Å². The Morgan fingerprint density at radius 3 is 2.41 bits per heavy atom. The third-order valence-electron chi connectivity index (χ3n) is 6.24. The largest absolute Gasteiger partial charge is 0.492 e. The minimum absolute atomic E-state index is 0.446. The van der Waals surface area contributed by atoms with Crippen molar-refractivity contribution in [2.45, 2.75) is 6.54 Å². The average Bonchev–Trinajstić information content (AvgIpc) is 3.39. The number of likely N-dealkylation sites (N-methyl/N-ethyl adjacent to an activating group) is 2. The highest BCUT2D eigenvalue weighted by molar-refractivity contribution is 5.63. The molecule has 1 aliphatic heterocycles. The lowest BCUT2D eigenvalue weighted by Crippen LogP contribution is -2.38. The molecule has 0 spiro atoms. The maximum absolute atomic E-state index is 5.91. The van der Waals surface area contributed by atoms with Gasteiger partial charge in [0.2, 0.25) is 0 Å². The number of benzene rings is 2. The standard InChI is InChI=1S/C28H39N5O4/c1-29-10-11-32(2)22-24-21-30-31-28(24)23-6-8-25(9-7-23)36-18-19-37-27-5-3-4-26(20-27)35-17-14-33-12-15-34-16-13-33/h3-9,20-21,29H,10-19,22H2,1-2H3,(H,30,31). The average molecular weight is 510 g/mol. The molecule has 0 aliphatic carbocycles. The summed E-state index contributed by atoms with van der Waals surface area (Å²) in [7, 11) is 4.08. The van der Waals surface area contributed by atoms with E-state index in [1.165, 1.54) is 5.56 Å². The molecule has 0 unspecified atom stereocenters. The Hall–Kier alpha value is -3.11. The monoisotopic (exact) mass is 509 g/mol. The molecular formula is C28H39N5O4. The number of nitrogens with one attached hydrogen (secondary N) is 2. The van der Waals surface area contributed by atoms with Crippen LogP contribution in [0.5, 0.6) is 17.2 Å². The van der Waals surface area contributed by atoms with E-state index in [1.54, 1.807) is 0 Å². The van der Waals surface area contributed by atoms with Gasteiger partial charge in [0.05, 0.1) is 18.9 Å². The van der Waals surface area contributed by atoms with Crippen LogP contribution in [-0.2, 0) is 11.3 Å². The molecule has 0 bridgehead atoms. The van der Waals surface area contributed by atoms with Crippen molar-refractivity contribution >= 4 is 0 Å². The topological polar surface area (TPSA) is 84.1 Å². The molecule has 3 aromatic rings. The second-order valence-corrected chi connectivity index (χ2v) is 9.10. The molecule has 9 heteroatoms. The maximum Gasteiger partial charge on any atom is 0.123 e. The summed E-state index contributed by atoms with van der Waals surface area (Å²) in [5.41, 5.74) is 3.21. The van der Waals surface area contributed by atoms with Crippen LogP contribution in [0.1, 0.15) is 5.56 Å². The number of ether oxygens (including phenoxy) is 4. The SMILES string of the molecule is CNCCN(C)Cc1c[nH]nc1-c1ccc(OCCOc2cccc(OCCN3CCOCC3)c2)cc1. The van der Waals surface area contributed by atoms with E-state index < -0.39 is 0 Å². The smallest absolute Gasteiger partial charge is 0.123 e. The molecule has 1 aromatic heterocycles. The lowest BCUT2D eigenvalue weighted by atomic mass is 10.1. The van der Waals surface area contributed by atoms with Crippen LogP contribution in [0.3, 0.4) is 0 Å². The first-order chi connectivity index (χ1) is 18.2. The molecule has 2 aromatic carbocycles. The van der Waals surface area contributed by atoms with Gasteiger partial charge in [0.15, 0.2) is 0 Å². The van der Waals surface area contributed by atoms with Crippen LogP contribution in [-0.4, -0.2) is 99.9 Å². The first-order valence-corrected chi connectivity index (χ1v) is 13.0. The molecule has 4 rings (SSSR count). The van der Waals surface area contributed by atoms with Gasteiger partial charge in [-0.15, -0.1) is 0 Å². The van der Waals surface area contributed by atoms with E-state index in [0.717, 1.165) is 81.0 Å². The first-order valence-electron chi connectivity index (χ1n) is 13.0. The minimum atomic E-state index is 0.446. The molecule has 1 aliphatic rings. The minimum Gasteiger partial charge on any atom is -0.492 e. The normalized spacial score (nSPS) is 14.1. The molecule has 1 fully saturated rings. The predicted octanol–water partition coefficient (Wildman–Crippen LogP) is 2.90. The second kappa shape index (κ2) is 14.6. The number of hydrogen-bond donors (Lipinski definition) is 2. The fourth-order valence-corrected chi connectivity index (χ4v) is 4.16. The summed E-state index contributed by atoms with van der Waals surface area (Å²) in [6.07, 6.45) is 1.97. The Kier molecular flexibility index (Phi) is 10.6. The summed E-state index contributed by atoms with van der Waals surface area (Å²) in [6.45, 7) is 8.74. The number of aromatic amines is 1. The van der Waals surface area contributed by atoms with Crippen molar-refractivity contribution in [3.05, 3.63) is 60.3 Å². The van der Waals surface area contributed by atoms with Crippen molar-refractivity contribution in [2.24, 2.45) is 0 Å². The molecule has 1 saturated heterocycles. The molecule has 37 heavy (non-hydrogen) atoms. The lowest BCUT2D eigenvalue weighted by Gasteiger charge is -2.26. The number of morpholine rings is 1. The first kappa shape index (κ1) is 26.9. The van der Waals surface area contributed by atoms with Gasteiger partial charge in [-0.25, -0.2) is 0 Å². The Bertz CT molecular complexity index is 1050. The Balaban J connectivity index is 1.18. The van der Waals surface area contributed by atoms with Crippen LogP contribution >= 0.6 is 0 Å². The molecule has 0 amide bonds. The predicted molar refractivity (Wildman–Crippen MR) is 144 cm³/mol. The Labute approximate surface area is 219 Å². The van der Waals surface area contributed by atoms with E-state index in [4.69, 9.17) is 18.9 Å². The molecule has 2 heterocycles. The van der Waals surface area contributed by atoms with E-state index in [-0.39, 0.29) is 0 Å². The van der Waals surface area contributed by atoms with Gasteiger partial charge in [0, 0.05) is 62.7 Å². The van der Waals surface area contributed by atoms with Crippen LogP contribution in [0, 0.1) is 0 Å². The van der Waals surface area contributed by atoms with Gasteiger partial charge in [-0.2, -0.15) is 5.10 Å². The number of nitrogens with zero attached hydrogens (tertiary/aromatic N) is 3. The Morgan fingerprint density at radius 1 is 0.973 bits per heavy atom. The van der Waals surface area contributed by atoms with Crippen molar-refractivity contribution in [1.29, 1.82) is 0 Å². The summed E-state index contributed by atoms with van der Waals surface area (Å²) in [5, 5.41) is 10.6. The quantitative estimate of drug-likeness (QED) is 0.303. The van der Waals surface area contributed by atoms with E-state index in [1.807, 2.05) is 61.8 Å². The summed E-state index contributed by atoms with van der Waals surface area (Å²) >= 11 is 0. The lowest BCUT2D eigenvalue weighted by molar-refractivity contribution is 0.0322. The number of hydrogen-bond acceptors (Lipinski definition) is 8.